The third-order valence-corrected chi connectivity index (χ3v) is 20.2. The second-order valence-electron chi connectivity index (χ2n) is 28.3. The van der Waals surface area contributed by atoms with E-state index in [1.165, 1.54) is 6.92 Å². The molecule has 0 aliphatic carbocycles. The van der Waals surface area contributed by atoms with E-state index in [1.807, 2.05) is 6.07 Å². The molecule has 35 nitrogen and oxygen atoms in total. The van der Waals surface area contributed by atoms with E-state index in [9.17, 15) is 63.0 Å². The first kappa shape index (κ1) is 87.1. The van der Waals surface area contributed by atoms with Gasteiger partial charge >= 0.3 is 0 Å². The maximum absolute atomic E-state index is 15.0. The highest BCUT2D eigenvalue weighted by Gasteiger charge is 2.39. The van der Waals surface area contributed by atoms with Gasteiger partial charge in [0.05, 0.1) is 25.0 Å². The normalized spacial score (nSPS) is 23.7. The number of hydrogen-bond donors (Lipinski definition) is 21. The van der Waals surface area contributed by atoms with E-state index in [4.69, 9.17) is 22.9 Å². The molecule has 6 aromatic rings. The number of carbonyl (C=O) groups excluding carboxylic acids is 13. The second kappa shape index (κ2) is 42.2. The highest BCUT2D eigenvalue weighted by atomic mass is 32.2. The number of fused-ring (bicyclic) bond motifs is 3. The smallest absolute Gasteiger partial charge is 0.245 e. The van der Waals surface area contributed by atoms with Crippen molar-refractivity contribution in [3.8, 4) is 0 Å². The number of carbonyl (C=O) groups is 13. The Hall–Kier alpha value is -11.1. The fraction of sp³-hybridized carbons (Fsp3) is 0.493. The molecule has 1 saturated heterocycles. The lowest BCUT2D eigenvalue weighted by Gasteiger charge is -2.30. The fourth-order valence-corrected chi connectivity index (χ4v) is 13.5. The number of nitrogens with zero attached hydrogens (tertiary/aromatic N) is 1. The van der Waals surface area contributed by atoms with Gasteiger partial charge in [-0.1, -0.05) is 103 Å². The van der Waals surface area contributed by atoms with Crippen LogP contribution in [0.4, 0.5) is 0 Å². The van der Waals surface area contributed by atoms with Gasteiger partial charge in [-0.15, -0.1) is 11.8 Å². The molecule has 7 rings (SSSR count). The monoisotopic (exact) mass is 1560 g/mol. The van der Waals surface area contributed by atoms with E-state index in [0.717, 1.165) is 11.8 Å². The minimum absolute atomic E-state index is 0.0338. The molecule has 13 amide bonds. The van der Waals surface area contributed by atoms with Crippen LogP contribution in [-0.2, 0) is 81.6 Å². The molecule has 0 radical (unpaired) electrons. The topological polar surface area (TPSA) is 571 Å². The van der Waals surface area contributed by atoms with Gasteiger partial charge in [-0.3, -0.25) is 67.3 Å². The van der Waals surface area contributed by atoms with Gasteiger partial charge in [0, 0.05) is 82.9 Å². The van der Waals surface area contributed by atoms with Gasteiger partial charge in [-0.25, -0.2) is 0 Å². The molecule has 13 atom stereocenters. The molecule has 602 valence electrons. The van der Waals surface area contributed by atoms with Crippen LogP contribution in [0.15, 0.2) is 96.4 Å². The molecular weight excluding hydrogens is 1450 g/mol. The molecule has 0 unspecified atom stereocenters. The maximum atomic E-state index is 15.0. The Bertz CT molecular complexity index is 4290. The Balaban J connectivity index is 1.26. The molecule has 4 heterocycles. The third-order valence-electron chi connectivity index (χ3n) is 19.2. The van der Waals surface area contributed by atoms with Gasteiger partial charge in [0.1, 0.15) is 66.5 Å². The Kier molecular flexibility index (Phi) is 33.1. The molecule has 0 bridgehead atoms. The molecule has 25 N–H and O–H groups in total. The number of nitrogens with two attached hydrogens (primary N) is 4. The van der Waals surface area contributed by atoms with Crippen molar-refractivity contribution in [3.05, 3.63) is 108 Å². The lowest BCUT2D eigenvalue weighted by Crippen LogP contribution is -2.62. The van der Waals surface area contributed by atoms with Crippen molar-refractivity contribution in [2.45, 2.75) is 179 Å². The number of aliphatic hydroxyl groups excluding tert-OH is 2. The van der Waals surface area contributed by atoms with Crippen molar-refractivity contribution in [3.63, 3.8) is 0 Å². The number of thioether (sulfide) groups is 1. The average molecular weight is 1560 g/mol. The Morgan fingerprint density at radius 2 is 0.874 bits per heavy atom. The van der Waals surface area contributed by atoms with Crippen LogP contribution in [0.3, 0.4) is 0 Å². The van der Waals surface area contributed by atoms with Gasteiger partial charge in [0.25, 0.3) is 0 Å². The standard InChI is InChI=1S/C75H106N20O15S/c1-8-40(6)62-73(109)90-56(35-96)65(101)84-34-58(98)85-51(25-17-27-80-75(78)79)67(103)95-63(41(7)97)74(110)89-55(30-44-33-83-50-23-14-11-20-47(44)50)70(106)92-60(38(2)3)71(107)87-52(24-15-16-26-76)66(102)88-54(29-43-32-82-49-22-13-10-19-46(43)49)69(105)93-61(39(4)5)72(108)91-57(64(77)100)36-111-37-59(99)86-53(68(104)94-62)28-42-31-81-48-21-12-9-18-45(42)48/h9-14,18-23,31-33,38-41,51-57,60-63,81-83,96-97H,8,15-17,24-30,34-37,76H2,1-7H3,(H2,77,100)(H,84,101)(H,85,98)(H,86,99)(H,87,107)(H,88,102)(H,89,110)(H,90,109)(H,91,108)(H,92,106)(H,93,105)(H,94,104)(H,95,103)(H4,78,79,80)/t40-,41+,51-,52+,53-,54-,55-,56-,57-,60-,61-,62-,63-/m0/s1. The van der Waals surface area contributed by atoms with Gasteiger partial charge in [0.15, 0.2) is 5.96 Å². The third kappa shape index (κ3) is 25.2. The Morgan fingerprint density at radius 3 is 1.34 bits per heavy atom. The first-order valence-electron chi connectivity index (χ1n) is 37.1. The van der Waals surface area contributed by atoms with E-state index in [0.29, 0.717) is 55.8 Å². The van der Waals surface area contributed by atoms with Crippen molar-refractivity contribution in [2.24, 2.45) is 45.7 Å². The quantitative estimate of drug-likeness (QED) is 0.0206. The van der Waals surface area contributed by atoms with Crippen LogP contribution in [0.2, 0.25) is 0 Å². The number of para-hydroxylation sites is 3. The molecule has 3 aromatic heterocycles. The Labute approximate surface area is 645 Å². The minimum Gasteiger partial charge on any atom is -0.394 e. The number of benzene rings is 3. The van der Waals surface area contributed by atoms with Crippen LogP contribution < -0.4 is 86.7 Å². The van der Waals surface area contributed by atoms with E-state index >= 15 is 9.59 Å². The van der Waals surface area contributed by atoms with E-state index in [2.05, 4.69) is 83.7 Å². The second-order valence-corrected chi connectivity index (χ2v) is 29.4. The summed E-state index contributed by atoms with van der Waals surface area (Å²) in [6, 6.07) is 4.75. The molecular formula is C75H106N20O15S. The molecule has 111 heavy (non-hydrogen) atoms. The van der Waals surface area contributed by atoms with Gasteiger partial charge in [-0.2, -0.15) is 0 Å². The largest absolute Gasteiger partial charge is 0.394 e. The van der Waals surface area contributed by atoms with Crippen molar-refractivity contribution in [1.82, 2.24) is 78.8 Å². The lowest BCUT2D eigenvalue weighted by molar-refractivity contribution is -0.137. The zero-order chi connectivity index (χ0) is 81.2. The molecule has 0 saturated carbocycles. The van der Waals surface area contributed by atoms with Crippen molar-refractivity contribution in [2.75, 3.05) is 37.7 Å². The number of hydrogen-bond acceptors (Lipinski definition) is 18. The molecule has 3 aromatic carbocycles. The van der Waals surface area contributed by atoms with Crippen molar-refractivity contribution in [1.29, 1.82) is 0 Å². The summed E-state index contributed by atoms with van der Waals surface area (Å²) in [6.07, 6.45) is 3.42. The predicted octanol–water partition coefficient (Wildman–Crippen LogP) is -2.25. The van der Waals surface area contributed by atoms with Crippen molar-refractivity contribution >= 4 is 127 Å². The highest BCUT2D eigenvalue weighted by molar-refractivity contribution is 8.00. The summed E-state index contributed by atoms with van der Waals surface area (Å²) in [5.41, 5.74) is 26.7. The maximum Gasteiger partial charge on any atom is 0.245 e. The lowest BCUT2D eigenvalue weighted by atomic mass is 9.96. The Morgan fingerprint density at radius 1 is 0.477 bits per heavy atom. The summed E-state index contributed by atoms with van der Waals surface area (Å²) >= 11 is 0.868. The van der Waals surface area contributed by atoms with Crippen LogP contribution in [0.1, 0.15) is 104 Å². The van der Waals surface area contributed by atoms with E-state index in [1.54, 1.807) is 127 Å². The summed E-state index contributed by atoms with van der Waals surface area (Å²) in [5.74, 6) is -15.2. The first-order chi connectivity index (χ1) is 52.9. The van der Waals surface area contributed by atoms with Crippen LogP contribution in [-0.4, -0.2) is 218 Å². The van der Waals surface area contributed by atoms with Gasteiger partial charge in [0.2, 0.25) is 76.8 Å². The number of aromatic amines is 3. The molecule has 0 spiro atoms. The van der Waals surface area contributed by atoms with E-state index in [-0.39, 0.29) is 76.2 Å². The summed E-state index contributed by atoms with van der Waals surface area (Å²) < 4.78 is 0. The average Bonchev–Trinajstić information content (AvgIpc) is 1.73. The van der Waals surface area contributed by atoms with Crippen LogP contribution in [0, 0.1) is 17.8 Å². The van der Waals surface area contributed by atoms with Gasteiger partial charge < -0.3 is 112 Å². The van der Waals surface area contributed by atoms with E-state index < -0.39 is 186 Å². The number of H-pyrrole nitrogens is 3. The summed E-state index contributed by atoms with van der Waals surface area (Å²) in [5, 5.41) is 55.4. The van der Waals surface area contributed by atoms with Crippen LogP contribution in [0.25, 0.3) is 32.7 Å². The van der Waals surface area contributed by atoms with Crippen LogP contribution >= 0.6 is 11.8 Å². The zero-order valence-electron chi connectivity index (χ0n) is 63.3. The predicted molar refractivity (Wildman–Crippen MR) is 417 cm³/mol. The van der Waals surface area contributed by atoms with Gasteiger partial charge in [-0.05, 0) is 98.2 Å². The highest BCUT2D eigenvalue weighted by Crippen LogP contribution is 2.24. The first-order valence-corrected chi connectivity index (χ1v) is 38.2. The number of primary amides is 1. The number of guanidine groups is 1. The molecule has 1 aliphatic rings. The number of aliphatic imine (C=N–C) groups is 1. The zero-order valence-corrected chi connectivity index (χ0v) is 64.1. The summed E-state index contributed by atoms with van der Waals surface area (Å²) in [7, 11) is 0. The minimum atomic E-state index is -1.86. The number of nitrogens with one attached hydrogen (secondary N) is 15. The number of amides is 13. The molecule has 1 fully saturated rings. The van der Waals surface area contributed by atoms with Crippen molar-refractivity contribution < 1.29 is 72.5 Å². The number of rotatable bonds is 21. The fourth-order valence-electron chi connectivity index (χ4n) is 12.7. The molecule has 1 aliphatic heterocycles. The number of aliphatic hydroxyl groups is 2. The summed E-state index contributed by atoms with van der Waals surface area (Å²) in [6.45, 7) is 9.29. The number of unbranched alkanes of at least 4 members (excludes halogenated alkanes) is 1. The SMILES string of the molecule is CC[C@H](C)[C@@H]1NC(=O)[C@H](Cc2c[nH]c3ccccc23)NC(=O)CSC[C@@H](C(N)=O)NC(=O)[C@H](C(C)C)NC(=O)[C@H](Cc2c[nH]c3ccccc23)NC(=O)[C@@H](CCCCN)NC(=O)[C@H](C(C)C)NC(=O)[C@H](Cc2c[nH]c3ccccc23)NC(=O)[C@H]([C@@H](C)O)NC(=O)[C@H](CCCN=C(N)N)NC(=O)CNC(=O)[C@H](CO)NC1=O. The number of aromatic nitrogens is 3. The van der Waals surface area contributed by atoms with Crippen LogP contribution in [0.5, 0.6) is 0 Å². The molecule has 36 heteroatoms. The summed E-state index contributed by atoms with van der Waals surface area (Å²) in [4.78, 5) is 201.